The standard InChI is InChI=1S/C20H20N4/c1-23-12-10-14-13-15(8-9-17(14)23)20-22-19-18(7-4-11-21-19)24(20)16-5-2-3-6-16/h4,7-13,16H,2-3,5-6H2,1H3. The van der Waals surface area contributed by atoms with Crippen molar-refractivity contribution in [2.45, 2.75) is 31.7 Å². The van der Waals surface area contributed by atoms with E-state index in [-0.39, 0.29) is 0 Å². The summed E-state index contributed by atoms with van der Waals surface area (Å²) < 4.78 is 4.58. The summed E-state index contributed by atoms with van der Waals surface area (Å²) in [6.07, 6.45) is 9.03. The van der Waals surface area contributed by atoms with E-state index in [4.69, 9.17) is 4.98 Å². The molecule has 3 aromatic heterocycles. The van der Waals surface area contributed by atoms with Gasteiger partial charge in [0.15, 0.2) is 5.65 Å². The molecule has 1 fully saturated rings. The molecule has 5 rings (SSSR count). The predicted molar refractivity (Wildman–Crippen MR) is 96.9 cm³/mol. The van der Waals surface area contributed by atoms with Crippen molar-refractivity contribution >= 4 is 22.1 Å². The maximum Gasteiger partial charge on any atom is 0.178 e. The molecule has 0 bridgehead atoms. The Balaban J connectivity index is 1.76. The lowest BCUT2D eigenvalue weighted by Crippen LogP contribution is -2.06. The molecule has 0 aliphatic heterocycles. The minimum Gasteiger partial charge on any atom is -0.351 e. The first kappa shape index (κ1) is 13.8. The van der Waals surface area contributed by atoms with Gasteiger partial charge in [-0.1, -0.05) is 12.8 Å². The summed E-state index contributed by atoms with van der Waals surface area (Å²) in [5.74, 6) is 1.06. The molecule has 0 saturated heterocycles. The largest absolute Gasteiger partial charge is 0.351 e. The summed E-state index contributed by atoms with van der Waals surface area (Å²) in [5, 5.41) is 1.26. The van der Waals surface area contributed by atoms with Crippen molar-refractivity contribution in [3.8, 4) is 11.4 Å². The van der Waals surface area contributed by atoms with Gasteiger partial charge < -0.3 is 9.13 Å². The summed E-state index contributed by atoms with van der Waals surface area (Å²) in [7, 11) is 2.08. The highest BCUT2D eigenvalue weighted by molar-refractivity contribution is 5.86. The second kappa shape index (κ2) is 5.20. The van der Waals surface area contributed by atoms with Crippen molar-refractivity contribution in [1.82, 2.24) is 19.1 Å². The number of fused-ring (bicyclic) bond motifs is 2. The molecule has 0 N–H and O–H groups in total. The number of hydrogen-bond acceptors (Lipinski definition) is 2. The first-order valence-corrected chi connectivity index (χ1v) is 8.70. The van der Waals surface area contributed by atoms with Crippen LogP contribution in [0, 0.1) is 0 Å². The van der Waals surface area contributed by atoms with E-state index in [0.717, 1.165) is 17.0 Å². The number of aryl methyl sites for hydroxylation is 1. The third-order valence-electron chi connectivity index (χ3n) is 5.30. The van der Waals surface area contributed by atoms with Crippen LogP contribution in [0.2, 0.25) is 0 Å². The lowest BCUT2D eigenvalue weighted by Gasteiger charge is -2.16. The number of aromatic nitrogens is 4. The van der Waals surface area contributed by atoms with Gasteiger partial charge in [-0.2, -0.15) is 0 Å². The predicted octanol–water partition coefficient (Wildman–Crippen LogP) is 4.71. The van der Waals surface area contributed by atoms with Gasteiger partial charge in [0.05, 0.1) is 5.52 Å². The van der Waals surface area contributed by atoms with Crippen LogP contribution in [0.25, 0.3) is 33.5 Å². The average molecular weight is 316 g/mol. The van der Waals surface area contributed by atoms with Gasteiger partial charge in [0, 0.05) is 41.9 Å². The number of rotatable bonds is 2. The van der Waals surface area contributed by atoms with Crippen molar-refractivity contribution in [3.05, 3.63) is 48.8 Å². The molecule has 4 aromatic rings. The lowest BCUT2D eigenvalue weighted by molar-refractivity contribution is 0.537. The maximum atomic E-state index is 4.89. The van der Waals surface area contributed by atoms with Gasteiger partial charge in [-0.3, -0.25) is 0 Å². The maximum absolute atomic E-state index is 4.89. The fraction of sp³-hybridized carbons (Fsp3) is 0.300. The second-order valence-electron chi connectivity index (χ2n) is 6.79. The van der Waals surface area contributed by atoms with Gasteiger partial charge in [0.25, 0.3) is 0 Å². The molecule has 1 aliphatic carbocycles. The van der Waals surface area contributed by atoms with Gasteiger partial charge in [-0.15, -0.1) is 0 Å². The molecule has 0 atom stereocenters. The molecule has 1 aliphatic rings. The van der Waals surface area contributed by atoms with Crippen LogP contribution in [0.3, 0.4) is 0 Å². The first-order valence-electron chi connectivity index (χ1n) is 8.70. The Morgan fingerprint density at radius 3 is 2.79 bits per heavy atom. The Bertz CT molecular complexity index is 1030. The number of hydrogen-bond donors (Lipinski definition) is 0. The van der Waals surface area contributed by atoms with E-state index in [1.165, 1.54) is 42.1 Å². The van der Waals surface area contributed by atoms with Crippen LogP contribution in [-0.4, -0.2) is 19.1 Å². The molecule has 0 radical (unpaired) electrons. The molecule has 0 amide bonds. The summed E-state index contributed by atoms with van der Waals surface area (Å²) in [5.41, 5.74) is 4.44. The lowest BCUT2D eigenvalue weighted by atomic mass is 10.1. The SMILES string of the molecule is Cn1ccc2cc(-c3nc4ncccc4n3C3CCCC3)ccc21. The van der Waals surface area contributed by atoms with E-state index in [9.17, 15) is 0 Å². The fourth-order valence-electron chi connectivity index (χ4n) is 4.09. The minimum atomic E-state index is 0.542. The van der Waals surface area contributed by atoms with Crippen molar-refractivity contribution in [1.29, 1.82) is 0 Å². The van der Waals surface area contributed by atoms with E-state index < -0.39 is 0 Å². The molecule has 0 unspecified atom stereocenters. The Morgan fingerprint density at radius 2 is 1.92 bits per heavy atom. The molecule has 4 heteroatoms. The first-order chi connectivity index (χ1) is 11.8. The van der Waals surface area contributed by atoms with Crippen molar-refractivity contribution in [3.63, 3.8) is 0 Å². The number of pyridine rings is 1. The monoisotopic (exact) mass is 316 g/mol. The zero-order valence-electron chi connectivity index (χ0n) is 13.8. The van der Waals surface area contributed by atoms with E-state index in [2.05, 4.69) is 57.7 Å². The van der Waals surface area contributed by atoms with Crippen molar-refractivity contribution in [2.24, 2.45) is 7.05 Å². The zero-order chi connectivity index (χ0) is 16.1. The van der Waals surface area contributed by atoms with Crippen LogP contribution < -0.4 is 0 Å². The van der Waals surface area contributed by atoms with Gasteiger partial charge in [-0.05, 0) is 49.2 Å². The van der Waals surface area contributed by atoms with Crippen LogP contribution in [0.5, 0.6) is 0 Å². The Hall–Kier alpha value is -2.62. The van der Waals surface area contributed by atoms with E-state index in [0.29, 0.717) is 6.04 Å². The molecule has 0 spiro atoms. The molecular formula is C20H20N4. The van der Waals surface area contributed by atoms with E-state index >= 15 is 0 Å². The normalized spacial score (nSPS) is 15.7. The third kappa shape index (κ3) is 1.99. The van der Waals surface area contributed by atoms with Crippen LogP contribution in [0.4, 0.5) is 0 Å². The van der Waals surface area contributed by atoms with Gasteiger partial charge in [0.1, 0.15) is 5.82 Å². The molecule has 1 saturated carbocycles. The quantitative estimate of drug-likeness (QED) is 0.537. The fourth-order valence-corrected chi connectivity index (χ4v) is 4.09. The Kier molecular flexibility index (Phi) is 2.98. The highest BCUT2D eigenvalue weighted by Gasteiger charge is 2.23. The molecule has 24 heavy (non-hydrogen) atoms. The van der Waals surface area contributed by atoms with Crippen LogP contribution >= 0.6 is 0 Å². The zero-order valence-corrected chi connectivity index (χ0v) is 13.8. The summed E-state index contributed by atoms with van der Waals surface area (Å²) in [4.78, 5) is 9.38. The second-order valence-corrected chi connectivity index (χ2v) is 6.79. The summed E-state index contributed by atoms with van der Waals surface area (Å²) >= 11 is 0. The molecule has 3 heterocycles. The minimum absolute atomic E-state index is 0.542. The average Bonchev–Trinajstić information content (AvgIpc) is 3.32. The highest BCUT2D eigenvalue weighted by Crippen LogP contribution is 2.37. The van der Waals surface area contributed by atoms with Crippen molar-refractivity contribution < 1.29 is 0 Å². The smallest absolute Gasteiger partial charge is 0.178 e. The molecule has 1 aromatic carbocycles. The summed E-state index contributed by atoms with van der Waals surface area (Å²) in [6.45, 7) is 0. The van der Waals surface area contributed by atoms with Crippen LogP contribution in [-0.2, 0) is 7.05 Å². The molecule has 4 nitrogen and oxygen atoms in total. The van der Waals surface area contributed by atoms with Gasteiger partial charge in [0.2, 0.25) is 0 Å². The van der Waals surface area contributed by atoms with Gasteiger partial charge >= 0.3 is 0 Å². The third-order valence-corrected chi connectivity index (χ3v) is 5.30. The summed E-state index contributed by atoms with van der Waals surface area (Å²) in [6, 6.07) is 13.5. The molecular weight excluding hydrogens is 296 g/mol. The van der Waals surface area contributed by atoms with Crippen LogP contribution in [0.15, 0.2) is 48.8 Å². The molecule has 120 valence electrons. The van der Waals surface area contributed by atoms with E-state index in [1.807, 2.05) is 12.3 Å². The number of nitrogens with zero attached hydrogens (tertiary/aromatic N) is 4. The Morgan fingerprint density at radius 1 is 1.04 bits per heavy atom. The number of imidazole rings is 1. The topological polar surface area (TPSA) is 35.6 Å². The van der Waals surface area contributed by atoms with Crippen molar-refractivity contribution in [2.75, 3.05) is 0 Å². The highest BCUT2D eigenvalue weighted by atomic mass is 15.1. The van der Waals surface area contributed by atoms with E-state index in [1.54, 1.807) is 0 Å². The van der Waals surface area contributed by atoms with Crippen LogP contribution in [0.1, 0.15) is 31.7 Å². The van der Waals surface area contributed by atoms with Gasteiger partial charge in [-0.25, -0.2) is 9.97 Å². The Labute approximate surface area is 140 Å². The number of benzene rings is 1.